The molecule has 0 heterocycles. The smallest absolute Gasteiger partial charge is 0.270 e. The first kappa shape index (κ1) is 15.0. The van der Waals surface area contributed by atoms with E-state index >= 15 is 0 Å². The van der Waals surface area contributed by atoms with E-state index < -0.39 is 4.92 Å². The number of nitro groups is 1. The summed E-state index contributed by atoms with van der Waals surface area (Å²) in [7, 11) is 1.55. The van der Waals surface area contributed by atoms with Gasteiger partial charge >= 0.3 is 0 Å². The van der Waals surface area contributed by atoms with E-state index in [-0.39, 0.29) is 17.2 Å². The van der Waals surface area contributed by atoms with Crippen LogP contribution in [0.4, 0.5) is 17.1 Å². The fourth-order valence-corrected chi connectivity index (χ4v) is 1.85. The summed E-state index contributed by atoms with van der Waals surface area (Å²) in [5, 5.41) is 25.3. The third-order valence-corrected chi connectivity index (χ3v) is 2.99. The van der Waals surface area contributed by atoms with Crippen LogP contribution in [0.15, 0.2) is 42.5 Å². The van der Waals surface area contributed by atoms with Crippen LogP contribution in [-0.4, -0.2) is 17.9 Å². The fraction of sp³-hybridized carbons (Fsp3) is 0.0667. The van der Waals surface area contributed by atoms with Gasteiger partial charge in [0.1, 0.15) is 6.07 Å². The molecule has 110 valence electrons. The maximum atomic E-state index is 11.4. The zero-order valence-corrected chi connectivity index (χ0v) is 11.7. The second-order valence-electron chi connectivity index (χ2n) is 4.38. The van der Waals surface area contributed by atoms with Gasteiger partial charge in [-0.2, -0.15) is 5.26 Å². The molecular formula is C15H12N4O3. The minimum Gasteiger partial charge on any atom is -0.355 e. The predicted octanol–water partition coefficient (Wildman–Crippen LogP) is 2.57. The SMILES string of the molecule is CNC(=O)c1ccc(Nc2ccc([N+](=O)[O-])cc2C#N)cc1. The van der Waals surface area contributed by atoms with Crippen LogP contribution in [0, 0.1) is 21.4 Å². The number of carbonyl (C=O) groups excluding carboxylic acids is 1. The number of nitrogens with one attached hydrogen (secondary N) is 2. The molecule has 2 aromatic carbocycles. The number of anilines is 2. The Kier molecular flexibility index (Phi) is 4.34. The summed E-state index contributed by atoms with van der Waals surface area (Å²) in [4.78, 5) is 21.6. The highest BCUT2D eigenvalue weighted by Gasteiger charge is 2.11. The molecule has 2 N–H and O–H groups in total. The monoisotopic (exact) mass is 296 g/mol. The van der Waals surface area contributed by atoms with Gasteiger partial charge in [0.25, 0.3) is 11.6 Å². The standard InChI is InChI=1S/C15H12N4O3/c1-17-15(20)10-2-4-12(5-3-10)18-14-7-6-13(19(21)22)8-11(14)9-16/h2-8,18H,1H3,(H,17,20). The Balaban J connectivity index is 2.25. The van der Waals surface area contributed by atoms with Crippen molar-refractivity contribution in [3.8, 4) is 6.07 Å². The summed E-state index contributed by atoms with van der Waals surface area (Å²) in [6.07, 6.45) is 0. The first-order valence-electron chi connectivity index (χ1n) is 6.33. The Morgan fingerprint density at radius 3 is 2.45 bits per heavy atom. The summed E-state index contributed by atoms with van der Waals surface area (Å²) in [5.41, 5.74) is 1.66. The van der Waals surface area contributed by atoms with E-state index in [9.17, 15) is 14.9 Å². The largest absolute Gasteiger partial charge is 0.355 e. The fourth-order valence-electron chi connectivity index (χ4n) is 1.85. The average molecular weight is 296 g/mol. The Labute approximate surface area is 126 Å². The van der Waals surface area contributed by atoms with Gasteiger partial charge in [-0.1, -0.05) is 0 Å². The number of nitriles is 1. The molecule has 2 aromatic rings. The lowest BCUT2D eigenvalue weighted by atomic mass is 10.1. The lowest BCUT2D eigenvalue weighted by Gasteiger charge is -2.08. The van der Waals surface area contributed by atoms with Crippen molar-refractivity contribution in [1.29, 1.82) is 5.26 Å². The number of carbonyl (C=O) groups is 1. The van der Waals surface area contributed by atoms with E-state index in [2.05, 4.69) is 10.6 Å². The van der Waals surface area contributed by atoms with Crippen LogP contribution in [-0.2, 0) is 0 Å². The van der Waals surface area contributed by atoms with Gasteiger partial charge < -0.3 is 10.6 Å². The van der Waals surface area contributed by atoms with Crippen molar-refractivity contribution in [2.45, 2.75) is 0 Å². The quantitative estimate of drug-likeness (QED) is 0.666. The second kappa shape index (κ2) is 6.37. The number of non-ortho nitro benzene ring substituents is 1. The highest BCUT2D eigenvalue weighted by Crippen LogP contribution is 2.25. The summed E-state index contributed by atoms with van der Waals surface area (Å²) < 4.78 is 0. The van der Waals surface area contributed by atoms with Crippen LogP contribution in [0.25, 0.3) is 0 Å². The van der Waals surface area contributed by atoms with Crippen LogP contribution in [0.3, 0.4) is 0 Å². The lowest BCUT2D eigenvalue weighted by Crippen LogP contribution is -2.17. The molecule has 0 bridgehead atoms. The summed E-state index contributed by atoms with van der Waals surface area (Å²) in [6, 6.07) is 12.6. The van der Waals surface area contributed by atoms with Crippen molar-refractivity contribution < 1.29 is 9.72 Å². The Hall–Kier alpha value is -3.40. The van der Waals surface area contributed by atoms with Crippen LogP contribution >= 0.6 is 0 Å². The van der Waals surface area contributed by atoms with E-state index in [1.54, 1.807) is 31.3 Å². The maximum Gasteiger partial charge on any atom is 0.270 e. The summed E-state index contributed by atoms with van der Waals surface area (Å²) >= 11 is 0. The first-order chi connectivity index (χ1) is 10.5. The normalized spacial score (nSPS) is 9.64. The Morgan fingerprint density at radius 1 is 1.23 bits per heavy atom. The van der Waals surface area contributed by atoms with Crippen molar-refractivity contribution in [2.75, 3.05) is 12.4 Å². The van der Waals surface area contributed by atoms with Gasteiger partial charge in [-0.25, -0.2) is 0 Å². The van der Waals surface area contributed by atoms with Crippen molar-refractivity contribution in [2.24, 2.45) is 0 Å². The maximum absolute atomic E-state index is 11.4. The number of nitrogens with zero attached hydrogens (tertiary/aromatic N) is 2. The highest BCUT2D eigenvalue weighted by molar-refractivity contribution is 5.94. The van der Waals surface area contributed by atoms with Gasteiger partial charge in [0.2, 0.25) is 0 Å². The summed E-state index contributed by atoms with van der Waals surface area (Å²) in [5.74, 6) is -0.195. The van der Waals surface area contributed by atoms with Crippen molar-refractivity contribution in [1.82, 2.24) is 5.32 Å². The van der Waals surface area contributed by atoms with Crippen LogP contribution in [0.5, 0.6) is 0 Å². The molecule has 0 unspecified atom stereocenters. The Morgan fingerprint density at radius 2 is 1.91 bits per heavy atom. The van der Waals surface area contributed by atoms with Gasteiger partial charge in [0, 0.05) is 30.4 Å². The Bertz CT molecular complexity index is 763. The molecule has 0 fully saturated rings. The molecule has 0 aliphatic carbocycles. The third-order valence-electron chi connectivity index (χ3n) is 2.99. The molecule has 0 spiro atoms. The molecule has 0 aromatic heterocycles. The van der Waals surface area contributed by atoms with Crippen LogP contribution in [0.2, 0.25) is 0 Å². The average Bonchev–Trinajstić information content (AvgIpc) is 2.55. The van der Waals surface area contributed by atoms with Gasteiger partial charge in [-0.3, -0.25) is 14.9 Å². The van der Waals surface area contributed by atoms with Crippen LogP contribution in [0.1, 0.15) is 15.9 Å². The number of amides is 1. The predicted molar refractivity (Wildman–Crippen MR) is 80.9 cm³/mol. The lowest BCUT2D eigenvalue weighted by molar-refractivity contribution is -0.384. The van der Waals surface area contributed by atoms with E-state index in [4.69, 9.17) is 5.26 Å². The van der Waals surface area contributed by atoms with Gasteiger partial charge in [-0.05, 0) is 30.3 Å². The van der Waals surface area contributed by atoms with E-state index in [1.165, 1.54) is 18.2 Å². The third kappa shape index (κ3) is 3.19. The summed E-state index contributed by atoms with van der Waals surface area (Å²) in [6.45, 7) is 0. The zero-order valence-electron chi connectivity index (χ0n) is 11.7. The number of hydrogen-bond donors (Lipinski definition) is 2. The molecule has 0 aliphatic rings. The molecule has 2 rings (SSSR count). The van der Waals surface area contributed by atoms with Gasteiger partial charge in [0.05, 0.1) is 16.2 Å². The van der Waals surface area contributed by atoms with Crippen LogP contribution < -0.4 is 10.6 Å². The molecule has 0 saturated heterocycles. The molecule has 0 atom stereocenters. The molecular weight excluding hydrogens is 284 g/mol. The number of benzene rings is 2. The van der Waals surface area contributed by atoms with Gasteiger partial charge in [-0.15, -0.1) is 0 Å². The van der Waals surface area contributed by atoms with Gasteiger partial charge in [0.15, 0.2) is 0 Å². The van der Waals surface area contributed by atoms with E-state index in [0.29, 0.717) is 16.9 Å². The number of rotatable bonds is 4. The highest BCUT2D eigenvalue weighted by atomic mass is 16.6. The minimum atomic E-state index is -0.553. The molecule has 0 saturated carbocycles. The second-order valence-corrected chi connectivity index (χ2v) is 4.38. The van der Waals surface area contributed by atoms with Crippen molar-refractivity contribution in [3.05, 3.63) is 63.7 Å². The molecule has 7 nitrogen and oxygen atoms in total. The topological polar surface area (TPSA) is 108 Å². The van der Waals surface area contributed by atoms with E-state index in [1.807, 2.05) is 6.07 Å². The zero-order chi connectivity index (χ0) is 16.1. The minimum absolute atomic E-state index is 0.142. The first-order valence-corrected chi connectivity index (χ1v) is 6.33. The van der Waals surface area contributed by atoms with E-state index in [0.717, 1.165) is 0 Å². The molecule has 1 amide bonds. The molecule has 0 aliphatic heterocycles. The molecule has 0 radical (unpaired) electrons. The van der Waals surface area contributed by atoms with Crippen molar-refractivity contribution >= 4 is 23.0 Å². The molecule has 7 heteroatoms. The number of nitro benzene ring substituents is 1. The van der Waals surface area contributed by atoms with Crippen molar-refractivity contribution in [3.63, 3.8) is 0 Å². The molecule has 22 heavy (non-hydrogen) atoms. The number of hydrogen-bond acceptors (Lipinski definition) is 5.